The summed E-state index contributed by atoms with van der Waals surface area (Å²) in [5, 5.41) is 10.7. The van der Waals surface area contributed by atoms with Gasteiger partial charge in [0.1, 0.15) is 5.82 Å². The first-order valence-corrected chi connectivity index (χ1v) is 5.77. The molecule has 0 saturated heterocycles. The third kappa shape index (κ3) is 4.36. The van der Waals surface area contributed by atoms with E-state index in [-0.39, 0.29) is 5.69 Å². The van der Waals surface area contributed by atoms with Crippen LogP contribution in [0, 0.1) is 0 Å². The van der Waals surface area contributed by atoms with E-state index in [1.165, 1.54) is 0 Å². The lowest BCUT2D eigenvalue weighted by Gasteiger charge is -2.17. The van der Waals surface area contributed by atoms with Crippen LogP contribution in [0.25, 0.3) is 0 Å². The number of nitrogens with zero attached hydrogens (tertiary/aromatic N) is 3. The number of nitrogens with one attached hydrogen (secondary N) is 1. The minimum atomic E-state index is -0.563. The number of primary amides is 1. The Balaban J connectivity index is 2.39. The predicted octanol–water partition coefficient (Wildman–Crippen LogP) is 0.329. The molecule has 0 atom stereocenters. The zero-order valence-electron chi connectivity index (χ0n) is 10.3. The van der Waals surface area contributed by atoms with E-state index < -0.39 is 5.91 Å². The highest BCUT2D eigenvalue weighted by atomic mass is 16.1. The first-order valence-electron chi connectivity index (χ1n) is 5.77. The molecule has 0 saturated carbocycles. The zero-order valence-corrected chi connectivity index (χ0v) is 10.3. The van der Waals surface area contributed by atoms with E-state index in [0.717, 1.165) is 26.2 Å². The molecule has 6 heteroatoms. The Hall–Kier alpha value is -1.69. The van der Waals surface area contributed by atoms with E-state index in [1.807, 2.05) is 0 Å². The lowest BCUT2D eigenvalue weighted by Crippen LogP contribution is -2.28. The number of carbonyl (C=O) groups excluding carboxylic acids is 1. The number of hydrogen-bond donors (Lipinski definition) is 2. The number of carbonyl (C=O) groups is 1. The van der Waals surface area contributed by atoms with Crippen molar-refractivity contribution in [3.8, 4) is 0 Å². The highest BCUT2D eigenvalue weighted by Crippen LogP contribution is 2.01. The molecule has 6 nitrogen and oxygen atoms in total. The van der Waals surface area contributed by atoms with Gasteiger partial charge in [-0.05, 0) is 25.2 Å². The van der Waals surface area contributed by atoms with Crippen molar-refractivity contribution in [3.05, 3.63) is 17.8 Å². The van der Waals surface area contributed by atoms with Crippen molar-refractivity contribution in [1.82, 2.24) is 15.1 Å². The van der Waals surface area contributed by atoms with E-state index in [1.54, 1.807) is 12.1 Å². The van der Waals surface area contributed by atoms with Gasteiger partial charge in [0.15, 0.2) is 5.69 Å². The summed E-state index contributed by atoms with van der Waals surface area (Å²) in [5.74, 6) is 0.0920. The Morgan fingerprint density at radius 1 is 1.35 bits per heavy atom. The van der Waals surface area contributed by atoms with Crippen LogP contribution >= 0.6 is 0 Å². The summed E-state index contributed by atoms with van der Waals surface area (Å²) in [6, 6.07) is 3.27. The van der Waals surface area contributed by atoms with E-state index in [2.05, 4.69) is 34.3 Å². The molecule has 1 aromatic rings. The fourth-order valence-corrected chi connectivity index (χ4v) is 1.44. The first kappa shape index (κ1) is 13.4. The summed E-state index contributed by atoms with van der Waals surface area (Å²) in [4.78, 5) is 13.1. The van der Waals surface area contributed by atoms with Crippen molar-refractivity contribution in [3.63, 3.8) is 0 Å². The van der Waals surface area contributed by atoms with Crippen molar-refractivity contribution < 1.29 is 4.79 Å². The van der Waals surface area contributed by atoms with Gasteiger partial charge in [0.05, 0.1) is 0 Å². The van der Waals surface area contributed by atoms with Crippen molar-refractivity contribution >= 4 is 11.7 Å². The summed E-state index contributed by atoms with van der Waals surface area (Å²) in [6.45, 7) is 8.07. The molecular formula is C11H19N5O. The predicted molar refractivity (Wildman–Crippen MR) is 66.8 cm³/mol. The number of nitrogens with two attached hydrogens (primary N) is 1. The van der Waals surface area contributed by atoms with Gasteiger partial charge in [-0.2, -0.15) is 0 Å². The molecule has 0 aliphatic carbocycles. The van der Waals surface area contributed by atoms with Gasteiger partial charge in [0.25, 0.3) is 5.91 Å². The SMILES string of the molecule is CCN(CC)CCNc1ccc(C(N)=O)nn1. The summed E-state index contributed by atoms with van der Waals surface area (Å²) in [5.41, 5.74) is 5.25. The number of likely N-dealkylation sites (N-methyl/N-ethyl adjacent to an activating group) is 1. The van der Waals surface area contributed by atoms with E-state index >= 15 is 0 Å². The van der Waals surface area contributed by atoms with Gasteiger partial charge in [-0.1, -0.05) is 13.8 Å². The van der Waals surface area contributed by atoms with E-state index in [4.69, 9.17) is 5.73 Å². The summed E-state index contributed by atoms with van der Waals surface area (Å²) >= 11 is 0. The zero-order chi connectivity index (χ0) is 12.7. The number of amides is 1. The van der Waals surface area contributed by atoms with Gasteiger partial charge < -0.3 is 16.0 Å². The minimum absolute atomic E-state index is 0.180. The van der Waals surface area contributed by atoms with Gasteiger partial charge in [0.2, 0.25) is 0 Å². The minimum Gasteiger partial charge on any atom is -0.367 e. The quantitative estimate of drug-likeness (QED) is 0.714. The fraction of sp³-hybridized carbons (Fsp3) is 0.545. The Bertz CT molecular complexity index is 347. The van der Waals surface area contributed by atoms with E-state index in [0.29, 0.717) is 5.82 Å². The smallest absolute Gasteiger partial charge is 0.269 e. The van der Waals surface area contributed by atoms with Crippen LogP contribution in [0.1, 0.15) is 24.3 Å². The Morgan fingerprint density at radius 2 is 2.06 bits per heavy atom. The van der Waals surface area contributed by atoms with Gasteiger partial charge in [0, 0.05) is 13.1 Å². The Kier molecular flexibility index (Phi) is 5.35. The normalized spacial score (nSPS) is 10.5. The van der Waals surface area contributed by atoms with Crippen molar-refractivity contribution in [2.75, 3.05) is 31.5 Å². The average molecular weight is 237 g/mol. The van der Waals surface area contributed by atoms with Crippen LogP contribution in [-0.4, -0.2) is 47.2 Å². The van der Waals surface area contributed by atoms with Gasteiger partial charge >= 0.3 is 0 Å². The Morgan fingerprint density at radius 3 is 2.53 bits per heavy atom. The molecule has 1 amide bonds. The van der Waals surface area contributed by atoms with Crippen LogP contribution < -0.4 is 11.1 Å². The van der Waals surface area contributed by atoms with Crippen LogP contribution in [0.15, 0.2) is 12.1 Å². The maximum Gasteiger partial charge on any atom is 0.269 e. The monoisotopic (exact) mass is 237 g/mol. The van der Waals surface area contributed by atoms with Crippen molar-refractivity contribution in [2.45, 2.75) is 13.8 Å². The number of hydrogen-bond acceptors (Lipinski definition) is 5. The Labute approximate surface area is 101 Å². The molecular weight excluding hydrogens is 218 g/mol. The highest BCUT2D eigenvalue weighted by molar-refractivity contribution is 5.90. The molecule has 1 aromatic heterocycles. The summed E-state index contributed by atoms with van der Waals surface area (Å²) in [6.07, 6.45) is 0. The van der Waals surface area contributed by atoms with Crippen LogP contribution in [0.4, 0.5) is 5.82 Å². The molecule has 0 spiro atoms. The number of rotatable bonds is 7. The molecule has 3 N–H and O–H groups in total. The maximum atomic E-state index is 10.8. The molecule has 0 aliphatic rings. The average Bonchev–Trinajstić information content (AvgIpc) is 2.35. The number of anilines is 1. The molecule has 1 heterocycles. The molecule has 17 heavy (non-hydrogen) atoms. The molecule has 0 aromatic carbocycles. The lowest BCUT2D eigenvalue weighted by molar-refractivity contribution is 0.0994. The summed E-state index contributed by atoms with van der Waals surface area (Å²) in [7, 11) is 0. The third-order valence-electron chi connectivity index (χ3n) is 2.55. The van der Waals surface area contributed by atoms with Crippen molar-refractivity contribution in [2.24, 2.45) is 5.73 Å². The van der Waals surface area contributed by atoms with Gasteiger partial charge in [-0.15, -0.1) is 10.2 Å². The second-order valence-corrected chi connectivity index (χ2v) is 3.62. The van der Waals surface area contributed by atoms with Gasteiger partial charge in [-0.3, -0.25) is 4.79 Å². The molecule has 0 fully saturated rings. The van der Waals surface area contributed by atoms with Crippen LogP contribution in [-0.2, 0) is 0 Å². The topological polar surface area (TPSA) is 84.1 Å². The van der Waals surface area contributed by atoms with Crippen LogP contribution in [0.5, 0.6) is 0 Å². The molecule has 94 valence electrons. The highest BCUT2D eigenvalue weighted by Gasteiger charge is 2.03. The lowest BCUT2D eigenvalue weighted by atomic mass is 10.3. The van der Waals surface area contributed by atoms with Crippen molar-refractivity contribution in [1.29, 1.82) is 0 Å². The van der Waals surface area contributed by atoms with Crippen LogP contribution in [0.3, 0.4) is 0 Å². The molecule has 1 rings (SSSR count). The number of aromatic nitrogens is 2. The fourth-order valence-electron chi connectivity index (χ4n) is 1.44. The van der Waals surface area contributed by atoms with E-state index in [9.17, 15) is 4.79 Å². The maximum absolute atomic E-state index is 10.8. The molecule has 0 radical (unpaired) electrons. The molecule has 0 bridgehead atoms. The standard InChI is InChI=1S/C11H19N5O/c1-3-16(4-2)8-7-13-10-6-5-9(11(12)17)14-15-10/h5-6H,3-4,7-8H2,1-2H3,(H2,12,17)(H,13,15). The second-order valence-electron chi connectivity index (χ2n) is 3.62. The largest absolute Gasteiger partial charge is 0.367 e. The van der Waals surface area contributed by atoms with Crippen LogP contribution in [0.2, 0.25) is 0 Å². The first-order chi connectivity index (χ1) is 8.17. The second kappa shape index (κ2) is 6.80. The summed E-state index contributed by atoms with van der Waals surface area (Å²) < 4.78 is 0. The third-order valence-corrected chi connectivity index (χ3v) is 2.55. The molecule has 0 aliphatic heterocycles. The molecule has 0 unspecified atom stereocenters. The van der Waals surface area contributed by atoms with Gasteiger partial charge in [-0.25, -0.2) is 0 Å².